The lowest BCUT2D eigenvalue weighted by molar-refractivity contribution is -0.124. The van der Waals surface area contributed by atoms with E-state index in [1.54, 1.807) is 0 Å². The molecule has 10 heteroatoms. The van der Waals surface area contributed by atoms with Crippen molar-refractivity contribution in [3.8, 4) is 0 Å². The molecule has 2 rings (SSSR count). The second-order valence-electron chi connectivity index (χ2n) is 9.97. The van der Waals surface area contributed by atoms with E-state index in [4.69, 9.17) is 0 Å². The maximum Gasteiger partial charge on any atom is 0.407 e. The van der Waals surface area contributed by atoms with Crippen LogP contribution in [-0.4, -0.2) is 55.1 Å². The smallest absolute Gasteiger partial charge is 0.407 e. The van der Waals surface area contributed by atoms with Gasteiger partial charge in [-0.25, -0.2) is 18.0 Å². The van der Waals surface area contributed by atoms with Crippen LogP contribution in [0.25, 0.3) is 0 Å². The number of ether oxygens (including phenoxy) is 1. The highest BCUT2D eigenvalue weighted by Gasteiger charge is 2.28. The Morgan fingerprint density at radius 3 is 2.30 bits per heavy atom. The van der Waals surface area contributed by atoms with Gasteiger partial charge in [0.25, 0.3) is 0 Å². The minimum absolute atomic E-state index is 0.00917. The van der Waals surface area contributed by atoms with E-state index < -0.39 is 48.0 Å². The number of alkyl halides is 1. The quantitative estimate of drug-likeness (QED) is 0.222. The molecule has 2 amide bonds. The van der Waals surface area contributed by atoms with Crippen LogP contribution in [0.2, 0.25) is 0 Å². The van der Waals surface area contributed by atoms with Crippen LogP contribution < -0.4 is 16.0 Å². The van der Waals surface area contributed by atoms with E-state index in [0.717, 1.165) is 43.7 Å². The first-order chi connectivity index (χ1) is 19.1. The Hall–Kier alpha value is -3.11. The standard InChI is InChI=1S/C30H42F3N3O4/c1-4-6-10-23(31)11-12-26(36-30(39)40-3)29(38)35-27(16-22-14-24(32)17-25(33)15-22)28(37)19-34-18-21-9-7-8-20(5-2)13-21/h7-9,13-15,17,23,26-28,34,37H,4-6,10-12,16,18-19H2,1-3H3,(H,35,38)(H,36,39)/t23?,26-,27+,28-/m1/s1. The number of methoxy groups -OCH3 is 1. The lowest BCUT2D eigenvalue weighted by Crippen LogP contribution is -2.54. The molecule has 7 nitrogen and oxygen atoms in total. The number of aliphatic hydroxyl groups is 1. The number of carbonyl (C=O) groups excluding carboxylic acids is 2. The maximum atomic E-state index is 14.3. The van der Waals surface area contributed by atoms with Crippen LogP contribution in [0.15, 0.2) is 42.5 Å². The van der Waals surface area contributed by atoms with Crippen molar-refractivity contribution >= 4 is 12.0 Å². The molecule has 0 bridgehead atoms. The van der Waals surface area contributed by atoms with Crippen molar-refractivity contribution in [1.82, 2.24) is 16.0 Å². The molecule has 0 aliphatic heterocycles. The van der Waals surface area contributed by atoms with E-state index in [9.17, 15) is 27.9 Å². The summed E-state index contributed by atoms with van der Waals surface area (Å²) in [5.41, 5.74) is 2.43. The van der Waals surface area contributed by atoms with Crippen LogP contribution in [0.3, 0.4) is 0 Å². The average Bonchev–Trinajstić information content (AvgIpc) is 2.92. The molecule has 0 saturated carbocycles. The third-order valence-electron chi connectivity index (χ3n) is 6.69. The Bertz CT molecular complexity index is 1050. The van der Waals surface area contributed by atoms with Gasteiger partial charge in [-0.1, -0.05) is 51.0 Å². The van der Waals surface area contributed by atoms with Gasteiger partial charge in [-0.3, -0.25) is 4.79 Å². The molecule has 1 unspecified atom stereocenters. The molecule has 0 radical (unpaired) electrons. The lowest BCUT2D eigenvalue weighted by atomic mass is 9.99. The number of alkyl carbamates (subject to hydrolysis) is 1. The summed E-state index contributed by atoms with van der Waals surface area (Å²) in [6.45, 7) is 4.54. The molecular weight excluding hydrogens is 523 g/mol. The van der Waals surface area contributed by atoms with Gasteiger partial charge in [0.2, 0.25) is 5.91 Å². The van der Waals surface area contributed by atoms with E-state index in [1.807, 2.05) is 25.1 Å². The van der Waals surface area contributed by atoms with Crippen molar-refractivity contribution in [3.63, 3.8) is 0 Å². The highest BCUT2D eigenvalue weighted by atomic mass is 19.1. The number of benzene rings is 2. The summed E-state index contributed by atoms with van der Waals surface area (Å²) in [7, 11) is 1.15. The van der Waals surface area contributed by atoms with Gasteiger partial charge in [-0.05, 0) is 60.9 Å². The summed E-state index contributed by atoms with van der Waals surface area (Å²) in [6.07, 6.45) is -0.396. The van der Waals surface area contributed by atoms with Crippen LogP contribution in [0.5, 0.6) is 0 Å². The largest absolute Gasteiger partial charge is 0.453 e. The summed E-state index contributed by atoms with van der Waals surface area (Å²) in [5.74, 6) is -2.23. The molecule has 0 spiro atoms. The van der Waals surface area contributed by atoms with E-state index in [1.165, 1.54) is 5.56 Å². The molecule has 0 saturated heterocycles. The van der Waals surface area contributed by atoms with E-state index >= 15 is 0 Å². The molecule has 0 aliphatic carbocycles. The molecule has 222 valence electrons. The van der Waals surface area contributed by atoms with Crippen LogP contribution in [0.4, 0.5) is 18.0 Å². The summed E-state index contributed by atoms with van der Waals surface area (Å²) in [6, 6.07) is 8.88. The third kappa shape index (κ3) is 12.0. The highest BCUT2D eigenvalue weighted by molar-refractivity contribution is 5.85. The van der Waals surface area contributed by atoms with Crippen molar-refractivity contribution in [2.45, 2.75) is 89.7 Å². The summed E-state index contributed by atoms with van der Waals surface area (Å²) in [4.78, 5) is 25.1. The SMILES string of the molecule is CCCCC(F)CC[C@@H](NC(=O)OC)C(=O)N[C@@H](Cc1cc(F)cc(F)c1)[C@H](O)CNCc1cccc(CC)c1. The average molecular weight is 566 g/mol. The van der Waals surface area contributed by atoms with Gasteiger partial charge in [-0.15, -0.1) is 0 Å². The first-order valence-electron chi connectivity index (χ1n) is 13.9. The van der Waals surface area contributed by atoms with Gasteiger partial charge in [0, 0.05) is 19.2 Å². The van der Waals surface area contributed by atoms with Gasteiger partial charge in [0.05, 0.1) is 19.3 Å². The number of hydrogen-bond acceptors (Lipinski definition) is 5. The number of aliphatic hydroxyl groups excluding tert-OH is 1. The minimum atomic E-state index is -1.15. The van der Waals surface area contributed by atoms with E-state index in [2.05, 4.69) is 33.7 Å². The highest BCUT2D eigenvalue weighted by Crippen LogP contribution is 2.15. The summed E-state index contributed by atoms with van der Waals surface area (Å²) in [5, 5.41) is 19.3. The zero-order chi connectivity index (χ0) is 29.5. The van der Waals surface area contributed by atoms with E-state index in [0.29, 0.717) is 19.4 Å². The van der Waals surface area contributed by atoms with Crippen molar-refractivity contribution in [1.29, 1.82) is 0 Å². The molecule has 4 N–H and O–H groups in total. The summed E-state index contributed by atoms with van der Waals surface area (Å²) >= 11 is 0. The number of nitrogens with one attached hydrogen (secondary N) is 3. The van der Waals surface area contributed by atoms with Crippen LogP contribution >= 0.6 is 0 Å². The Balaban J connectivity index is 2.15. The minimum Gasteiger partial charge on any atom is -0.453 e. The van der Waals surface area contributed by atoms with Gasteiger partial charge in [0.15, 0.2) is 0 Å². The van der Waals surface area contributed by atoms with Gasteiger partial charge in [0.1, 0.15) is 23.8 Å². The number of halogens is 3. The van der Waals surface area contributed by atoms with Gasteiger partial charge in [-0.2, -0.15) is 0 Å². The fourth-order valence-corrected chi connectivity index (χ4v) is 4.40. The van der Waals surface area contributed by atoms with E-state index in [-0.39, 0.29) is 31.4 Å². The number of aryl methyl sites for hydroxylation is 1. The zero-order valence-corrected chi connectivity index (χ0v) is 23.5. The van der Waals surface area contributed by atoms with Crippen molar-refractivity contribution in [2.75, 3.05) is 13.7 Å². The zero-order valence-electron chi connectivity index (χ0n) is 23.5. The molecular formula is C30H42F3N3O4. The monoisotopic (exact) mass is 565 g/mol. The predicted molar refractivity (Wildman–Crippen MR) is 149 cm³/mol. The molecule has 0 heterocycles. The number of rotatable bonds is 17. The normalized spacial score (nSPS) is 14.2. The Kier molecular flexibility index (Phi) is 14.5. The maximum absolute atomic E-state index is 14.3. The molecule has 0 aliphatic rings. The van der Waals surface area contributed by atoms with Crippen LogP contribution in [-0.2, 0) is 28.9 Å². The lowest BCUT2D eigenvalue weighted by Gasteiger charge is -2.27. The Morgan fingerprint density at radius 1 is 0.950 bits per heavy atom. The topological polar surface area (TPSA) is 99.7 Å². The number of hydrogen-bond donors (Lipinski definition) is 4. The Morgan fingerprint density at radius 2 is 1.65 bits per heavy atom. The van der Waals surface area contributed by atoms with Crippen molar-refractivity contribution in [3.05, 3.63) is 70.8 Å². The molecule has 0 fully saturated rings. The second-order valence-corrected chi connectivity index (χ2v) is 9.97. The fraction of sp³-hybridized carbons (Fsp3) is 0.533. The molecule has 0 aromatic heterocycles. The van der Waals surface area contributed by atoms with Crippen LogP contribution in [0, 0.1) is 11.6 Å². The fourth-order valence-electron chi connectivity index (χ4n) is 4.40. The first-order valence-corrected chi connectivity index (χ1v) is 13.9. The third-order valence-corrected chi connectivity index (χ3v) is 6.69. The van der Waals surface area contributed by atoms with Crippen molar-refractivity contribution < 1.29 is 32.6 Å². The predicted octanol–water partition coefficient (Wildman–Crippen LogP) is 4.74. The van der Waals surface area contributed by atoms with Crippen LogP contribution in [0.1, 0.15) is 62.6 Å². The van der Waals surface area contributed by atoms with Gasteiger partial charge >= 0.3 is 6.09 Å². The molecule has 2 aromatic carbocycles. The Labute approximate surface area is 234 Å². The number of unbranched alkanes of at least 4 members (excludes halogenated alkanes) is 1. The second kappa shape index (κ2) is 17.6. The van der Waals surface area contributed by atoms with Crippen molar-refractivity contribution in [2.24, 2.45) is 0 Å². The van der Waals surface area contributed by atoms with Gasteiger partial charge < -0.3 is 25.8 Å². The molecule has 2 aromatic rings. The summed E-state index contributed by atoms with van der Waals surface area (Å²) < 4.78 is 46.7. The molecule has 4 atom stereocenters. The number of amides is 2. The first kappa shape index (κ1) is 33.1. The number of carbonyl (C=O) groups is 2. The molecule has 40 heavy (non-hydrogen) atoms.